The van der Waals surface area contributed by atoms with Crippen LogP contribution in [0.25, 0.3) is 11.0 Å². The van der Waals surface area contributed by atoms with E-state index in [0.29, 0.717) is 42.4 Å². The van der Waals surface area contributed by atoms with Crippen molar-refractivity contribution in [1.82, 2.24) is 24.7 Å². The number of aliphatic hydroxyl groups is 4. The van der Waals surface area contributed by atoms with E-state index in [1.807, 2.05) is 51.7 Å². The van der Waals surface area contributed by atoms with Gasteiger partial charge in [0.2, 0.25) is 5.43 Å². The molecule has 0 spiro atoms. The number of carboxylic acid groups (broad SMARTS) is 1. The van der Waals surface area contributed by atoms with Gasteiger partial charge in [-0.2, -0.15) is 0 Å². The van der Waals surface area contributed by atoms with Crippen molar-refractivity contribution in [2.24, 2.45) is 17.8 Å². The zero-order chi connectivity index (χ0) is 56.8. The molecule has 3 aliphatic heterocycles. The monoisotopic (exact) mass is 1100 g/mol. The highest BCUT2D eigenvalue weighted by Gasteiger charge is 2.54. The van der Waals surface area contributed by atoms with Crippen molar-refractivity contribution in [3.8, 4) is 0 Å². The van der Waals surface area contributed by atoms with Crippen molar-refractivity contribution >= 4 is 40.7 Å². The maximum absolute atomic E-state index is 14.6. The Labute approximate surface area is 452 Å². The second-order valence-electron chi connectivity index (χ2n) is 22.5. The summed E-state index contributed by atoms with van der Waals surface area (Å²) in [7, 11) is 7.06. The van der Waals surface area contributed by atoms with Crippen LogP contribution in [0.2, 0.25) is 0 Å². The highest BCUT2D eigenvalue weighted by atomic mass is 32.2. The van der Waals surface area contributed by atoms with Gasteiger partial charge in [0.1, 0.15) is 40.7 Å². The SMILES string of the molecule is CC[C@@H]1OC(=O)[C@H](C)[C@H](O[C@H]2C[C@](C)(OC)[C@@H](OC(=O)CCNCCSc3cnc4c(c3)c(=O)c(C(=O)O)cn4CC)[C@@H](C)O2)[C@@H](C)[C@H](O[C@H]2O[C@@H](C)C[C@@H](N(C)C)[C@H]2O)[C@@](C)(O)C[C@H](C)CN(C)[C@H](C)[C@@H](O)[C@@]1(C)O. The van der Waals surface area contributed by atoms with Gasteiger partial charge in [0, 0.05) is 80.8 Å². The summed E-state index contributed by atoms with van der Waals surface area (Å²) < 4.78 is 46.4. The Bertz CT molecular complexity index is 2320. The number of thioether (sulfide) groups is 1. The van der Waals surface area contributed by atoms with Gasteiger partial charge in [-0.3, -0.25) is 14.4 Å². The third-order valence-corrected chi connectivity index (χ3v) is 16.9. The number of pyridine rings is 2. The van der Waals surface area contributed by atoms with Crippen LogP contribution in [0.5, 0.6) is 0 Å². The van der Waals surface area contributed by atoms with Gasteiger partial charge in [0.05, 0.1) is 47.7 Å². The Morgan fingerprint density at radius 2 is 1.67 bits per heavy atom. The minimum Gasteiger partial charge on any atom is -0.477 e. The maximum Gasteiger partial charge on any atom is 0.341 e. The van der Waals surface area contributed by atoms with E-state index in [0.717, 1.165) is 0 Å². The lowest BCUT2D eigenvalue weighted by Gasteiger charge is -2.49. The van der Waals surface area contributed by atoms with E-state index in [-0.39, 0.29) is 61.2 Å². The van der Waals surface area contributed by atoms with Crippen molar-refractivity contribution in [1.29, 1.82) is 0 Å². The van der Waals surface area contributed by atoms with Gasteiger partial charge in [-0.15, -0.1) is 11.8 Å². The smallest absolute Gasteiger partial charge is 0.341 e. The molecule has 3 saturated heterocycles. The van der Waals surface area contributed by atoms with E-state index in [9.17, 15) is 44.7 Å². The Kier molecular flexibility index (Phi) is 22.3. The van der Waals surface area contributed by atoms with Gasteiger partial charge in [0.15, 0.2) is 18.7 Å². The number of rotatable bonds is 17. The number of fused-ring (bicyclic) bond motifs is 1. The average Bonchev–Trinajstić information content (AvgIpc) is 3.35. The molecule has 0 aliphatic carbocycles. The minimum atomic E-state index is -1.87. The van der Waals surface area contributed by atoms with Crippen molar-refractivity contribution < 1.29 is 73.1 Å². The number of cyclic esters (lactones) is 1. The molecule has 432 valence electrons. The van der Waals surface area contributed by atoms with Crippen LogP contribution in [-0.2, 0) is 49.3 Å². The predicted molar refractivity (Wildman–Crippen MR) is 285 cm³/mol. The Morgan fingerprint density at radius 3 is 2.29 bits per heavy atom. The fourth-order valence-corrected chi connectivity index (χ4v) is 12.2. The van der Waals surface area contributed by atoms with Crippen molar-refractivity contribution in [3.63, 3.8) is 0 Å². The molecule has 2 aromatic rings. The number of hydrogen-bond acceptors (Lipinski definition) is 20. The number of carboxylic acids is 1. The fraction of sp³-hybridized carbons (Fsp3) is 0.796. The second-order valence-corrected chi connectivity index (χ2v) is 23.7. The van der Waals surface area contributed by atoms with Crippen LogP contribution < -0.4 is 10.7 Å². The van der Waals surface area contributed by atoms with Crippen LogP contribution in [0.15, 0.2) is 28.2 Å². The Balaban J connectivity index is 1.34. The third kappa shape index (κ3) is 14.9. The van der Waals surface area contributed by atoms with Gasteiger partial charge in [0.25, 0.3) is 0 Å². The first-order chi connectivity index (χ1) is 35.5. The fourth-order valence-electron chi connectivity index (χ4n) is 11.4. The number of hydrogen-bond donors (Lipinski definition) is 6. The summed E-state index contributed by atoms with van der Waals surface area (Å²) in [5, 5.41) is 61.1. The lowest BCUT2D eigenvalue weighted by molar-refractivity contribution is -0.318. The van der Waals surface area contributed by atoms with E-state index in [4.69, 9.17) is 33.2 Å². The number of nitrogens with zero attached hydrogens (tertiary/aromatic N) is 4. The van der Waals surface area contributed by atoms with Crippen LogP contribution in [0.1, 0.15) is 119 Å². The van der Waals surface area contributed by atoms with Gasteiger partial charge < -0.3 is 78.4 Å². The van der Waals surface area contributed by atoms with E-state index in [2.05, 4.69) is 10.3 Å². The molecular weight excluding hydrogens is 1010 g/mol. The number of ether oxygens (including phenoxy) is 7. The number of aliphatic hydroxyl groups excluding tert-OH is 2. The molecule has 0 amide bonds. The van der Waals surface area contributed by atoms with Gasteiger partial charge >= 0.3 is 17.9 Å². The normalized spacial score (nSPS) is 37.6. The molecular formula is C54H89N5O16S. The van der Waals surface area contributed by atoms with Gasteiger partial charge in [-0.1, -0.05) is 20.8 Å². The molecule has 0 saturated carbocycles. The average molecular weight is 1100 g/mol. The summed E-state index contributed by atoms with van der Waals surface area (Å²) in [5.41, 5.74) is -5.17. The van der Waals surface area contributed by atoms with Crippen LogP contribution in [0, 0.1) is 17.8 Å². The topological polar surface area (TPSA) is 270 Å². The number of aryl methyl sites for hydroxylation is 1. The first kappa shape index (κ1) is 63.5. The number of carbonyl (C=O) groups is 3. The molecule has 76 heavy (non-hydrogen) atoms. The molecule has 21 nitrogen and oxygen atoms in total. The maximum atomic E-state index is 14.6. The zero-order valence-corrected chi connectivity index (χ0v) is 48.2. The van der Waals surface area contributed by atoms with E-state index < -0.39 is 113 Å². The highest BCUT2D eigenvalue weighted by Crippen LogP contribution is 2.41. The molecule has 5 rings (SSSR count). The molecule has 18 atom stereocenters. The second kappa shape index (κ2) is 26.7. The molecule has 6 N–H and O–H groups in total. The number of esters is 2. The lowest BCUT2D eigenvalue weighted by Crippen LogP contribution is -2.61. The molecule has 5 heterocycles. The van der Waals surface area contributed by atoms with Gasteiger partial charge in [-0.05, 0) is 108 Å². The van der Waals surface area contributed by atoms with E-state index >= 15 is 0 Å². The number of carbonyl (C=O) groups excluding carboxylic acids is 2. The summed E-state index contributed by atoms with van der Waals surface area (Å²) in [6.07, 6.45) is -6.15. The number of aromatic nitrogens is 2. The summed E-state index contributed by atoms with van der Waals surface area (Å²) in [4.78, 5) is 61.6. The first-order valence-corrected chi connectivity index (χ1v) is 27.8. The predicted octanol–water partition coefficient (Wildman–Crippen LogP) is 3.65. The highest BCUT2D eigenvalue weighted by molar-refractivity contribution is 7.99. The molecule has 0 unspecified atom stereocenters. The van der Waals surface area contributed by atoms with Crippen LogP contribution in [0.4, 0.5) is 0 Å². The molecule has 0 radical (unpaired) electrons. The number of likely N-dealkylation sites (N-methyl/N-ethyl adjacent to an activating group) is 2. The number of nitrogens with one attached hydrogen (secondary N) is 1. The standard InChI is InChI=1S/C54H89N5O16S/c1-16-39-54(11,68)45(63)33(7)58(14)27-29(3)24-52(9,67)46(75-51-43(62)38(57(12)13)22-30(4)70-51)31(5)44(32(6)50(66)72-39)74-41-25-53(10,69-15)47(34(8)71-41)73-40(60)18-19-55-20-21-76-35-23-36-42(61)37(49(64)65)28-59(17-2)48(36)56-26-35/h23,26,28-34,38-39,41,43-47,51,55,62-63,67-68H,16-22,24-25,27H2,1-15H3,(H,64,65)/t29-,30-,31+,32+,33+,34+,38+,39-,41-,43+,44+,45+,46-,47-,51+,52-,53-,54-/m0/s1. The van der Waals surface area contributed by atoms with Crippen molar-refractivity contribution in [3.05, 3.63) is 34.2 Å². The van der Waals surface area contributed by atoms with Gasteiger partial charge in [-0.25, -0.2) is 9.78 Å². The molecule has 0 aromatic carbocycles. The van der Waals surface area contributed by atoms with Crippen molar-refractivity contribution in [2.45, 2.75) is 210 Å². The zero-order valence-electron chi connectivity index (χ0n) is 47.4. The van der Waals surface area contributed by atoms with E-state index in [1.54, 1.807) is 65.3 Å². The van der Waals surface area contributed by atoms with Crippen LogP contribution in [0.3, 0.4) is 0 Å². The molecule has 3 fully saturated rings. The summed E-state index contributed by atoms with van der Waals surface area (Å²) in [6.45, 7) is 20.9. The van der Waals surface area contributed by atoms with E-state index in [1.165, 1.54) is 32.0 Å². The van der Waals surface area contributed by atoms with Crippen LogP contribution in [-0.4, -0.2) is 207 Å². The third-order valence-electron chi connectivity index (χ3n) is 15.9. The Morgan fingerprint density at radius 1 is 0.987 bits per heavy atom. The number of aromatic carboxylic acids is 1. The number of methoxy groups -OCH3 is 1. The van der Waals surface area contributed by atoms with Crippen molar-refractivity contribution in [2.75, 3.05) is 53.6 Å². The molecule has 3 aliphatic rings. The summed E-state index contributed by atoms with van der Waals surface area (Å²) >= 11 is 1.43. The first-order valence-electron chi connectivity index (χ1n) is 26.9. The quantitative estimate of drug-likeness (QED) is 0.0750. The largest absolute Gasteiger partial charge is 0.477 e. The Hall–Kier alpha value is -3.36. The summed E-state index contributed by atoms with van der Waals surface area (Å²) in [5.74, 6) is -4.13. The van der Waals surface area contributed by atoms with Crippen LogP contribution >= 0.6 is 11.8 Å². The molecule has 2 aromatic heterocycles. The minimum absolute atomic E-state index is 0.0180. The molecule has 0 bridgehead atoms. The molecule has 22 heteroatoms. The lowest BCUT2D eigenvalue weighted by atomic mass is 9.77. The summed E-state index contributed by atoms with van der Waals surface area (Å²) in [6, 6.07) is 0.736.